The monoisotopic (exact) mass is 379 g/mol. The first-order chi connectivity index (χ1) is 13.0. The van der Waals surface area contributed by atoms with Crippen molar-refractivity contribution in [3.63, 3.8) is 0 Å². The van der Waals surface area contributed by atoms with Gasteiger partial charge >= 0.3 is 0 Å². The van der Waals surface area contributed by atoms with E-state index in [4.69, 9.17) is 4.74 Å². The van der Waals surface area contributed by atoms with E-state index in [-0.39, 0.29) is 0 Å². The maximum absolute atomic E-state index is 5.52. The summed E-state index contributed by atoms with van der Waals surface area (Å²) in [5.41, 5.74) is 5.26. The Hall–Kier alpha value is -2.66. The number of aromatic nitrogens is 1. The molecule has 0 unspecified atom stereocenters. The van der Waals surface area contributed by atoms with Gasteiger partial charge in [0, 0.05) is 48.0 Å². The van der Waals surface area contributed by atoms with E-state index in [1.54, 1.807) is 18.9 Å². The maximum atomic E-state index is 5.52. The van der Waals surface area contributed by atoms with Crippen LogP contribution >= 0.6 is 11.8 Å². The van der Waals surface area contributed by atoms with Gasteiger partial charge in [0.25, 0.3) is 0 Å². The molecule has 0 saturated heterocycles. The number of ether oxygens (including phenoxy) is 1. The molecule has 3 rings (SSSR count). The smallest absolute Gasteiger partial charge is 0.144 e. The lowest BCUT2D eigenvalue weighted by molar-refractivity contribution is 0.416. The lowest BCUT2D eigenvalue weighted by Crippen LogP contribution is -2.10. The number of methoxy groups -OCH3 is 1. The van der Waals surface area contributed by atoms with Crippen LogP contribution in [-0.4, -0.2) is 26.2 Å². The standard InChI is InChI=1S/C22H25N3OS/c1-6-11-27-22-8-7-16(12-15(22)2)24-18-9-10-23-19-14-21(26-5)20(25(3)4)13-17(18)19/h6-14H,1-5H3,(H,23,24)/b11-6-. The number of fused-ring (bicyclic) bond motifs is 1. The molecule has 0 radical (unpaired) electrons. The number of anilines is 3. The second kappa shape index (κ2) is 8.35. The molecule has 140 valence electrons. The highest BCUT2D eigenvalue weighted by Gasteiger charge is 2.11. The van der Waals surface area contributed by atoms with Crippen molar-refractivity contribution in [3.8, 4) is 5.75 Å². The van der Waals surface area contributed by atoms with Gasteiger partial charge in [-0.15, -0.1) is 0 Å². The summed E-state index contributed by atoms with van der Waals surface area (Å²) >= 11 is 1.74. The number of allylic oxidation sites excluding steroid dienone is 1. The van der Waals surface area contributed by atoms with Gasteiger partial charge in [0.1, 0.15) is 5.75 Å². The van der Waals surface area contributed by atoms with Crippen LogP contribution in [0.15, 0.2) is 59.0 Å². The molecule has 0 saturated carbocycles. The van der Waals surface area contributed by atoms with Crippen LogP contribution in [0.5, 0.6) is 5.75 Å². The van der Waals surface area contributed by atoms with Crippen LogP contribution in [0.25, 0.3) is 10.9 Å². The number of thioether (sulfide) groups is 1. The molecule has 1 heterocycles. The highest BCUT2D eigenvalue weighted by molar-refractivity contribution is 8.02. The average molecular weight is 380 g/mol. The Bertz CT molecular complexity index is 983. The van der Waals surface area contributed by atoms with Gasteiger partial charge in [-0.05, 0) is 55.2 Å². The minimum atomic E-state index is 0.818. The first-order valence-electron chi connectivity index (χ1n) is 8.83. The topological polar surface area (TPSA) is 37.4 Å². The third kappa shape index (κ3) is 4.19. The molecule has 0 amide bonds. The molecule has 0 bridgehead atoms. The molecule has 0 aliphatic carbocycles. The average Bonchev–Trinajstić information content (AvgIpc) is 2.66. The van der Waals surface area contributed by atoms with Crippen LogP contribution < -0.4 is 15.0 Å². The molecule has 2 aromatic carbocycles. The lowest BCUT2D eigenvalue weighted by Gasteiger charge is -2.18. The van der Waals surface area contributed by atoms with Crippen molar-refractivity contribution < 1.29 is 4.74 Å². The summed E-state index contributed by atoms with van der Waals surface area (Å²) in [4.78, 5) is 7.82. The number of hydrogen-bond donors (Lipinski definition) is 1. The fraction of sp³-hybridized carbons (Fsp3) is 0.227. The summed E-state index contributed by atoms with van der Waals surface area (Å²) in [6.07, 6.45) is 3.87. The van der Waals surface area contributed by atoms with E-state index in [0.717, 1.165) is 33.7 Å². The maximum Gasteiger partial charge on any atom is 0.144 e. The highest BCUT2D eigenvalue weighted by atomic mass is 32.2. The van der Waals surface area contributed by atoms with Crippen LogP contribution in [0.3, 0.4) is 0 Å². The van der Waals surface area contributed by atoms with Crippen LogP contribution in [-0.2, 0) is 0 Å². The second-order valence-corrected chi connectivity index (χ2v) is 7.43. The molecule has 0 aliphatic heterocycles. The third-order valence-corrected chi connectivity index (χ3v) is 5.43. The van der Waals surface area contributed by atoms with Gasteiger partial charge in [0.05, 0.1) is 18.3 Å². The number of nitrogens with zero attached hydrogens (tertiary/aromatic N) is 2. The zero-order valence-electron chi connectivity index (χ0n) is 16.4. The Balaban J connectivity index is 1.99. The van der Waals surface area contributed by atoms with Crippen LogP contribution in [0, 0.1) is 6.92 Å². The fourth-order valence-corrected chi connectivity index (χ4v) is 3.61. The molecule has 0 aliphatic rings. The number of aryl methyl sites for hydroxylation is 1. The molecule has 1 N–H and O–H groups in total. The predicted molar refractivity (Wildman–Crippen MR) is 118 cm³/mol. The summed E-state index contributed by atoms with van der Waals surface area (Å²) in [7, 11) is 5.71. The normalized spacial score (nSPS) is 11.1. The van der Waals surface area contributed by atoms with Gasteiger partial charge < -0.3 is 15.0 Å². The number of rotatable bonds is 6. The number of pyridine rings is 1. The largest absolute Gasteiger partial charge is 0.495 e. The van der Waals surface area contributed by atoms with Crippen molar-refractivity contribution in [3.05, 3.63) is 59.6 Å². The van der Waals surface area contributed by atoms with E-state index in [2.05, 4.69) is 53.0 Å². The quantitative estimate of drug-likeness (QED) is 0.533. The van der Waals surface area contributed by atoms with Crippen molar-refractivity contribution in [2.75, 3.05) is 31.4 Å². The Morgan fingerprint density at radius 1 is 1.15 bits per heavy atom. The molecule has 27 heavy (non-hydrogen) atoms. The second-order valence-electron chi connectivity index (χ2n) is 6.49. The molecule has 0 atom stereocenters. The molecule has 5 heteroatoms. The Morgan fingerprint density at radius 2 is 1.96 bits per heavy atom. The Kier molecular flexibility index (Phi) is 5.91. The zero-order valence-corrected chi connectivity index (χ0v) is 17.2. The Labute approximate surface area is 165 Å². The minimum Gasteiger partial charge on any atom is -0.495 e. The van der Waals surface area contributed by atoms with Crippen molar-refractivity contribution in [2.45, 2.75) is 18.7 Å². The first-order valence-corrected chi connectivity index (χ1v) is 9.71. The van der Waals surface area contributed by atoms with E-state index in [1.807, 2.05) is 44.2 Å². The van der Waals surface area contributed by atoms with E-state index >= 15 is 0 Å². The van der Waals surface area contributed by atoms with Crippen LogP contribution in [0.2, 0.25) is 0 Å². The summed E-state index contributed by atoms with van der Waals surface area (Å²) in [6.45, 7) is 4.17. The van der Waals surface area contributed by atoms with Gasteiger partial charge in [-0.2, -0.15) is 0 Å². The van der Waals surface area contributed by atoms with Crippen LogP contribution in [0.1, 0.15) is 12.5 Å². The zero-order chi connectivity index (χ0) is 19.4. The lowest BCUT2D eigenvalue weighted by atomic mass is 10.1. The van der Waals surface area contributed by atoms with Crippen LogP contribution in [0.4, 0.5) is 17.1 Å². The third-order valence-electron chi connectivity index (χ3n) is 4.31. The van der Waals surface area contributed by atoms with Gasteiger partial charge in [0.15, 0.2) is 0 Å². The van der Waals surface area contributed by atoms with Gasteiger partial charge in [-0.25, -0.2) is 0 Å². The molecular weight excluding hydrogens is 354 g/mol. The van der Waals surface area contributed by atoms with Gasteiger partial charge in [-0.1, -0.05) is 17.8 Å². The number of hydrogen-bond acceptors (Lipinski definition) is 5. The molecule has 0 spiro atoms. The Morgan fingerprint density at radius 3 is 2.63 bits per heavy atom. The molecular formula is C22H25N3OS. The van der Waals surface area contributed by atoms with E-state index in [0.29, 0.717) is 0 Å². The molecule has 4 nitrogen and oxygen atoms in total. The highest BCUT2D eigenvalue weighted by Crippen LogP contribution is 2.35. The number of benzene rings is 2. The van der Waals surface area contributed by atoms with Crippen molar-refractivity contribution in [2.24, 2.45) is 0 Å². The minimum absolute atomic E-state index is 0.818. The van der Waals surface area contributed by atoms with Crippen molar-refractivity contribution in [1.29, 1.82) is 0 Å². The van der Waals surface area contributed by atoms with Gasteiger partial charge in [0.2, 0.25) is 0 Å². The molecule has 1 aromatic heterocycles. The van der Waals surface area contributed by atoms with E-state index < -0.39 is 0 Å². The van der Waals surface area contributed by atoms with E-state index in [9.17, 15) is 0 Å². The van der Waals surface area contributed by atoms with Gasteiger partial charge in [-0.3, -0.25) is 4.98 Å². The van der Waals surface area contributed by atoms with Crippen molar-refractivity contribution >= 4 is 39.7 Å². The summed E-state index contributed by atoms with van der Waals surface area (Å²) in [5.74, 6) is 0.818. The number of nitrogens with one attached hydrogen (secondary N) is 1. The summed E-state index contributed by atoms with van der Waals surface area (Å²) < 4.78 is 5.52. The van der Waals surface area contributed by atoms with Crippen molar-refractivity contribution in [1.82, 2.24) is 4.98 Å². The molecule has 3 aromatic rings. The predicted octanol–water partition coefficient (Wildman–Crippen LogP) is 5.99. The first kappa shape index (κ1) is 19.1. The van der Waals surface area contributed by atoms with E-state index in [1.165, 1.54) is 10.5 Å². The molecule has 0 fully saturated rings. The summed E-state index contributed by atoms with van der Waals surface area (Å²) in [5, 5.41) is 6.71. The summed E-state index contributed by atoms with van der Waals surface area (Å²) in [6, 6.07) is 12.5. The SMILES string of the molecule is C/C=C\Sc1ccc(Nc2ccnc3cc(OC)c(N(C)C)cc23)cc1C. The fourth-order valence-electron chi connectivity index (χ4n) is 2.94.